The van der Waals surface area contributed by atoms with Crippen LogP contribution >= 0.6 is 0 Å². The Morgan fingerprint density at radius 3 is 2.50 bits per heavy atom. The molecule has 1 aromatic rings. The van der Waals surface area contributed by atoms with Crippen LogP contribution in [-0.4, -0.2) is 39.7 Å². The molecule has 4 heteroatoms. The number of aliphatic hydroxyl groups excluding tert-OH is 1. The Labute approximate surface area is 121 Å². The lowest BCUT2D eigenvalue weighted by Crippen LogP contribution is -2.46. The number of ether oxygens (including phenoxy) is 1. The van der Waals surface area contributed by atoms with Crippen LogP contribution in [0.25, 0.3) is 0 Å². The van der Waals surface area contributed by atoms with E-state index in [-0.39, 0.29) is 11.6 Å². The van der Waals surface area contributed by atoms with Crippen molar-refractivity contribution in [3.63, 3.8) is 0 Å². The van der Waals surface area contributed by atoms with Crippen LogP contribution in [0.3, 0.4) is 0 Å². The molecule has 1 unspecified atom stereocenters. The van der Waals surface area contributed by atoms with Gasteiger partial charge in [0.1, 0.15) is 5.75 Å². The van der Waals surface area contributed by atoms with Gasteiger partial charge >= 0.3 is 0 Å². The van der Waals surface area contributed by atoms with Crippen molar-refractivity contribution in [2.45, 2.75) is 58.3 Å². The molecule has 0 radical (unpaired) electrons. The molecular formula is C16H26N2O2. The molecule has 1 atom stereocenters. The number of hydrogen-bond acceptors (Lipinski definition) is 4. The second kappa shape index (κ2) is 6.10. The highest BCUT2D eigenvalue weighted by molar-refractivity contribution is 5.27. The lowest BCUT2D eigenvalue weighted by atomic mass is 9.90. The van der Waals surface area contributed by atoms with Crippen LogP contribution in [0.15, 0.2) is 18.5 Å². The Morgan fingerprint density at radius 1 is 1.25 bits per heavy atom. The number of aliphatic hydroxyl groups is 1. The van der Waals surface area contributed by atoms with Crippen LogP contribution in [-0.2, 0) is 0 Å². The fourth-order valence-electron chi connectivity index (χ4n) is 2.80. The molecule has 0 bridgehead atoms. The van der Waals surface area contributed by atoms with Crippen molar-refractivity contribution in [2.75, 3.05) is 13.1 Å². The van der Waals surface area contributed by atoms with Gasteiger partial charge in [-0.2, -0.15) is 0 Å². The van der Waals surface area contributed by atoms with Gasteiger partial charge in [0.15, 0.2) is 0 Å². The van der Waals surface area contributed by atoms with Gasteiger partial charge in [0, 0.05) is 17.3 Å². The van der Waals surface area contributed by atoms with Gasteiger partial charge in [0.2, 0.25) is 0 Å². The normalized spacial score (nSPS) is 18.5. The van der Waals surface area contributed by atoms with Gasteiger partial charge in [-0.15, -0.1) is 0 Å². The first-order chi connectivity index (χ1) is 9.41. The molecule has 1 aliphatic heterocycles. The molecule has 2 heterocycles. The van der Waals surface area contributed by atoms with E-state index in [9.17, 15) is 5.11 Å². The second-order valence-corrected chi connectivity index (χ2v) is 6.37. The summed E-state index contributed by atoms with van der Waals surface area (Å²) in [5, 5.41) is 10.7. The molecule has 0 aromatic carbocycles. The topological polar surface area (TPSA) is 45.6 Å². The highest BCUT2D eigenvalue weighted by Gasteiger charge is 2.36. The summed E-state index contributed by atoms with van der Waals surface area (Å²) >= 11 is 0. The minimum Gasteiger partial charge on any atom is -0.489 e. The zero-order chi connectivity index (χ0) is 14.8. The fourth-order valence-corrected chi connectivity index (χ4v) is 2.80. The molecule has 1 aromatic heterocycles. The number of hydrogen-bond donors (Lipinski definition) is 1. The van der Waals surface area contributed by atoms with Gasteiger partial charge in [-0.25, -0.2) is 0 Å². The number of nitrogens with zero attached hydrogens (tertiary/aromatic N) is 2. The smallest absolute Gasteiger partial charge is 0.138 e. The van der Waals surface area contributed by atoms with Crippen LogP contribution < -0.4 is 4.74 Å². The summed E-state index contributed by atoms with van der Waals surface area (Å²) in [6, 6.07) is 1.90. The Kier molecular flexibility index (Phi) is 4.66. The van der Waals surface area contributed by atoms with Gasteiger partial charge in [0.25, 0.3) is 0 Å². The predicted molar refractivity (Wildman–Crippen MR) is 79.8 cm³/mol. The first-order valence-corrected chi connectivity index (χ1v) is 7.46. The first kappa shape index (κ1) is 15.3. The standard InChI is InChI=1S/C16H26N2O2/c1-12(2)20-14-9-13(10-17-11-14)15(19)16(3,4)18-7-5-6-8-18/h9-12,15,19H,5-8H2,1-4H3. The predicted octanol–water partition coefficient (Wildman–Crippen LogP) is 2.78. The summed E-state index contributed by atoms with van der Waals surface area (Å²) in [6.45, 7) is 10.3. The number of pyridine rings is 1. The molecule has 20 heavy (non-hydrogen) atoms. The third-order valence-corrected chi connectivity index (χ3v) is 4.01. The summed E-state index contributed by atoms with van der Waals surface area (Å²) in [4.78, 5) is 6.55. The van der Waals surface area contributed by atoms with Gasteiger partial charge in [-0.05, 0) is 59.7 Å². The number of likely N-dealkylation sites (tertiary alicyclic amines) is 1. The Bertz CT molecular complexity index is 440. The highest BCUT2D eigenvalue weighted by Crippen LogP contribution is 2.34. The van der Waals surface area contributed by atoms with Crippen molar-refractivity contribution >= 4 is 0 Å². The van der Waals surface area contributed by atoms with Crippen molar-refractivity contribution in [1.82, 2.24) is 9.88 Å². The van der Waals surface area contributed by atoms with Crippen molar-refractivity contribution < 1.29 is 9.84 Å². The maximum Gasteiger partial charge on any atom is 0.138 e. The van der Waals surface area contributed by atoms with Gasteiger partial charge in [-0.3, -0.25) is 9.88 Å². The maximum atomic E-state index is 10.7. The van der Waals surface area contributed by atoms with Crippen molar-refractivity contribution in [3.8, 4) is 5.75 Å². The Balaban J connectivity index is 2.17. The van der Waals surface area contributed by atoms with Gasteiger partial charge in [-0.1, -0.05) is 0 Å². The van der Waals surface area contributed by atoms with Gasteiger partial charge < -0.3 is 9.84 Å². The SMILES string of the molecule is CC(C)Oc1cncc(C(O)C(C)(C)N2CCCC2)c1. The zero-order valence-corrected chi connectivity index (χ0v) is 13.0. The van der Waals surface area contributed by atoms with E-state index in [1.807, 2.05) is 19.9 Å². The molecule has 1 aliphatic rings. The molecule has 2 rings (SSSR count). The molecule has 1 N–H and O–H groups in total. The highest BCUT2D eigenvalue weighted by atomic mass is 16.5. The molecule has 0 spiro atoms. The van der Waals surface area contributed by atoms with E-state index in [2.05, 4.69) is 23.7 Å². The molecular weight excluding hydrogens is 252 g/mol. The van der Waals surface area contributed by atoms with E-state index >= 15 is 0 Å². The minimum atomic E-state index is -0.566. The van der Waals surface area contributed by atoms with E-state index in [1.54, 1.807) is 12.4 Å². The van der Waals surface area contributed by atoms with Crippen molar-refractivity contribution in [1.29, 1.82) is 0 Å². The van der Waals surface area contributed by atoms with Crippen LogP contribution in [0.1, 0.15) is 52.2 Å². The zero-order valence-electron chi connectivity index (χ0n) is 13.0. The number of aromatic nitrogens is 1. The molecule has 0 saturated carbocycles. The third-order valence-electron chi connectivity index (χ3n) is 4.01. The first-order valence-electron chi connectivity index (χ1n) is 7.46. The average molecular weight is 278 g/mol. The molecule has 4 nitrogen and oxygen atoms in total. The molecule has 1 saturated heterocycles. The van der Waals surface area contributed by atoms with E-state index in [0.29, 0.717) is 5.75 Å². The monoisotopic (exact) mass is 278 g/mol. The van der Waals surface area contributed by atoms with Crippen molar-refractivity contribution in [3.05, 3.63) is 24.0 Å². The van der Waals surface area contributed by atoms with E-state index in [0.717, 1.165) is 18.7 Å². The third kappa shape index (κ3) is 3.30. The van der Waals surface area contributed by atoms with Crippen LogP contribution in [0.2, 0.25) is 0 Å². The summed E-state index contributed by atoms with van der Waals surface area (Å²) in [6.07, 6.45) is 5.39. The van der Waals surface area contributed by atoms with E-state index < -0.39 is 6.10 Å². The summed E-state index contributed by atoms with van der Waals surface area (Å²) in [5.41, 5.74) is 0.536. The van der Waals surface area contributed by atoms with E-state index in [1.165, 1.54) is 12.8 Å². The average Bonchev–Trinajstić information content (AvgIpc) is 2.92. The lowest BCUT2D eigenvalue weighted by molar-refractivity contribution is 0.000964. The Morgan fingerprint density at radius 2 is 1.90 bits per heavy atom. The summed E-state index contributed by atoms with van der Waals surface area (Å²) < 4.78 is 5.66. The van der Waals surface area contributed by atoms with Crippen molar-refractivity contribution in [2.24, 2.45) is 0 Å². The molecule has 0 amide bonds. The minimum absolute atomic E-state index is 0.107. The molecule has 112 valence electrons. The van der Waals surface area contributed by atoms with Crippen LogP contribution in [0.5, 0.6) is 5.75 Å². The van der Waals surface area contributed by atoms with Crippen LogP contribution in [0, 0.1) is 0 Å². The lowest BCUT2D eigenvalue weighted by Gasteiger charge is -2.39. The molecule has 0 aliphatic carbocycles. The summed E-state index contributed by atoms with van der Waals surface area (Å²) in [5.74, 6) is 0.716. The fraction of sp³-hybridized carbons (Fsp3) is 0.688. The van der Waals surface area contributed by atoms with Gasteiger partial charge in [0.05, 0.1) is 18.4 Å². The number of rotatable bonds is 5. The largest absolute Gasteiger partial charge is 0.489 e. The quantitative estimate of drug-likeness (QED) is 0.899. The molecule has 1 fully saturated rings. The Hall–Kier alpha value is -1.13. The maximum absolute atomic E-state index is 10.7. The van der Waals surface area contributed by atoms with Crippen LogP contribution in [0.4, 0.5) is 0 Å². The van der Waals surface area contributed by atoms with E-state index in [4.69, 9.17) is 4.74 Å². The second-order valence-electron chi connectivity index (χ2n) is 6.37. The summed E-state index contributed by atoms with van der Waals surface area (Å²) in [7, 11) is 0.